The zero-order valence-corrected chi connectivity index (χ0v) is 20.0. The molecule has 1 amide bonds. The molecule has 13 heteroatoms. The van der Waals surface area contributed by atoms with E-state index in [2.05, 4.69) is 5.32 Å². The second-order valence-corrected chi connectivity index (χ2v) is 7.50. The molecule has 1 fully saturated rings. The second-order valence-electron chi connectivity index (χ2n) is 7.50. The minimum absolute atomic E-state index is 0.121. The summed E-state index contributed by atoms with van der Waals surface area (Å²) in [5, 5.41) is 31.9. The minimum atomic E-state index is -1.34. The van der Waals surface area contributed by atoms with Gasteiger partial charge in [-0.1, -0.05) is 0 Å². The van der Waals surface area contributed by atoms with Crippen molar-refractivity contribution >= 4 is 5.91 Å². The van der Waals surface area contributed by atoms with Gasteiger partial charge in [0.1, 0.15) is 18.3 Å². The van der Waals surface area contributed by atoms with Crippen molar-refractivity contribution < 1.29 is 53.3 Å². The number of aliphatic hydroxyl groups excluding tert-OH is 3. The fourth-order valence-electron chi connectivity index (χ4n) is 2.84. The Labute approximate surface area is 200 Å². The van der Waals surface area contributed by atoms with Crippen LogP contribution in [0.1, 0.15) is 13.3 Å². The van der Waals surface area contributed by atoms with Gasteiger partial charge in [-0.2, -0.15) is 0 Å². The normalized spacial score (nSPS) is 24.9. The third kappa shape index (κ3) is 14.4. The standard InChI is InChI=1S/C21H42N2O11/c1-16-18(25)19(26)20(27)21(34-16)33-15-14-30-7-4-23-17(24)2-5-28-8-10-31-12-13-32-11-9-29-6-3-22/h16,18-21,25-27H,2-15,22H2,1H3,(H,23,24)/t16-,18-,19+,20+,21+/m0/s1. The van der Waals surface area contributed by atoms with E-state index in [-0.39, 0.29) is 32.1 Å². The molecule has 202 valence electrons. The molecule has 0 radical (unpaired) electrons. The molecule has 5 atom stereocenters. The topological polar surface area (TPSA) is 180 Å². The van der Waals surface area contributed by atoms with Crippen molar-refractivity contribution in [3.05, 3.63) is 0 Å². The second kappa shape index (κ2) is 20.2. The molecule has 0 unspecified atom stereocenters. The van der Waals surface area contributed by atoms with E-state index < -0.39 is 30.7 Å². The van der Waals surface area contributed by atoms with Crippen LogP contribution in [0.5, 0.6) is 0 Å². The Kier molecular flexibility index (Phi) is 18.5. The summed E-state index contributed by atoms with van der Waals surface area (Å²) in [7, 11) is 0. The van der Waals surface area contributed by atoms with Crippen LogP contribution in [0.4, 0.5) is 0 Å². The van der Waals surface area contributed by atoms with Crippen molar-refractivity contribution in [2.45, 2.75) is 44.1 Å². The summed E-state index contributed by atoms with van der Waals surface area (Å²) in [4.78, 5) is 11.7. The van der Waals surface area contributed by atoms with Crippen LogP contribution in [-0.4, -0.2) is 138 Å². The Morgan fingerprint density at radius 3 is 1.91 bits per heavy atom. The maximum atomic E-state index is 11.7. The molecule has 34 heavy (non-hydrogen) atoms. The molecule has 1 saturated heterocycles. The Hall–Kier alpha value is -0.970. The number of hydrogen-bond acceptors (Lipinski definition) is 12. The number of amides is 1. The number of nitrogens with one attached hydrogen (secondary N) is 1. The van der Waals surface area contributed by atoms with Gasteiger partial charge in [0.25, 0.3) is 0 Å². The number of carbonyl (C=O) groups is 1. The third-order valence-corrected chi connectivity index (χ3v) is 4.74. The van der Waals surface area contributed by atoms with Gasteiger partial charge in [0.15, 0.2) is 6.29 Å². The van der Waals surface area contributed by atoms with Crippen LogP contribution in [0.25, 0.3) is 0 Å². The molecule has 1 aliphatic rings. The monoisotopic (exact) mass is 498 g/mol. The van der Waals surface area contributed by atoms with Gasteiger partial charge in [-0.25, -0.2) is 0 Å². The van der Waals surface area contributed by atoms with Crippen molar-refractivity contribution in [3.63, 3.8) is 0 Å². The van der Waals surface area contributed by atoms with Crippen molar-refractivity contribution in [3.8, 4) is 0 Å². The molecule has 1 rings (SSSR count). The molecule has 1 heterocycles. The first kappa shape index (κ1) is 31.1. The van der Waals surface area contributed by atoms with Crippen LogP contribution in [0, 0.1) is 0 Å². The molecule has 1 aliphatic heterocycles. The smallest absolute Gasteiger partial charge is 0.222 e. The van der Waals surface area contributed by atoms with E-state index in [1.165, 1.54) is 0 Å². The van der Waals surface area contributed by atoms with Gasteiger partial charge >= 0.3 is 0 Å². The van der Waals surface area contributed by atoms with E-state index in [0.29, 0.717) is 65.9 Å². The fourth-order valence-corrected chi connectivity index (χ4v) is 2.84. The first-order valence-corrected chi connectivity index (χ1v) is 11.6. The highest BCUT2D eigenvalue weighted by Gasteiger charge is 2.42. The van der Waals surface area contributed by atoms with Gasteiger partial charge in [0.05, 0.1) is 78.8 Å². The molecule has 0 aliphatic carbocycles. The maximum Gasteiger partial charge on any atom is 0.222 e. The lowest BCUT2D eigenvalue weighted by Gasteiger charge is -2.38. The first-order chi connectivity index (χ1) is 16.5. The van der Waals surface area contributed by atoms with Gasteiger partial charge in [0, 0.05) is 19.5 Å². The molecule has 6 N–H and O–H groups in total. The lowest BCUT2D eigenvalue weighted by molar-refractivity contribution is -0.294. The number of carbonyl (C=O) groups excluding carboxylic acids is 1. The Bertz CT molecular complexity index is 503. The predicted octanol–water partition coefficient (Wildman–Crippen LogP) is -2.62. The minimum Gasteiger partial charge on any atom is -0.388 e. The van der Waals surface area contributed by atoms with Gasteiger partial charge in [-0.3, -0.25) is 4.79 Å². The predicted molar refractivity (Wildman–Crippen MR) is 119 cm³/mol. The highest BCUT2D eigenvalue weighted by molar-refractivity contribution is 5.75. The lowest BCUT2D eigenvalue weighted by Crippen LogP contribution is -2.57. The van der Waals surface area contributed by atoms with Crippen molar-refractivity contribution in [1.29, 1.82) is 0 Å². The molecular weight excluding hydrogens is 456 g/mol. The summed E-state index contributed by atoms with van der Waals surface area (Å²) < 4.78 is 37.2. The summed E-state index contributed by atoms with van der Waals surface area (Å²) in [5.74, 6) is -0.147. The SMILES string of the molecule is C[C@@H]1O[C@@H](OCCOCCNC(=O)CCOCCOCCOCCOCCN)[C@H](O)[C@H](O)[C@H]1O. The van der Waals surface area contributed by atoms with E-state index in [0.717, 1.165) is 0 Å². The summed E-state index contributed by atoms with van der Waals surface area (Å²) in [6.07, 6.45) is -5.31. The summed E-state index contributed by atoms with van der Waals surface area (Å²) >= 11 is 0. The summed E-state index contributed by atoms with van der Waals surface area (Å²) in [6, 6.07) is 0. The average Bonchev–Trinajstić information content (AvgIpc) is 2.83. The average molecular weight is 499 g/mol. The van der Waals surface area contributed by atoms with E-state index in [9.17, 15) is 20.1 Å². The Balaban J connectivity index is 1.84. The highest BCUT2D eigenvalue weighted by Crippen LogP contribution is 2.21. The maximum absolute atomic E-state index is 11.7. The zero-order valence-electron chi connectivity index (χ0n) is 20.0. The molecule has 0 aromatic rings. The molecule has 0 spiro atoms. The van der Waals surface area contributed by atoms with Crippen LogP contribution >= 0.6 is 0 Å². The van der Waals surface area contributed by atoms with Crippen LogP contribution < -0.4 is 11.1 Å². The lowest BCUT2D eigenvalue weighted by atomic mass is 10.0. The largest absolute Gasteiger partial charge is 0.388 e. The molecular formula is C21H42N2O11. The Morgan fingerprint density at radius 1 is 0.765 bits per heavy atom. The molecule has 0 aromatic carbocycles. The number of rotatable bonds is 21. The highest BCUT2D eigenvalue weighted by atomic mass is 16.7. The van der Waals surface area contributed by atoms with Crippen LogP contribution in [-0.2, 0) is 38.0 Å². The van der Waals surface area contributed by atoms with Gasteiger partial charge in [-0.15, -0.1) is 0 Å². The number of nitrogens with two attached hydrogens (primary N) is 1. The molecule has 0 aromatic heterocycles. The molecule has 0 saturated carbocycles. The number of hydrogen-bond donors (Lipinski definition) is 5. The van der Waals surface area contributed by atoms with E-state index in [4.69, 9.17) is 38.9 Å². The van der Waals surface area contributed by atoms with Crippen LogP contribution in [0.2, 0.25) is 0 Å². The number of aliphatic hydroxyl groups is 3. The van der Waals surface area contributed by atoms with E-state index in [1.54, 1.807) is 6.92 Å². The van der Waals surface area contributed by atoms with Crippen molar-refractivity contribution in [1.82, 2.24) is 5.32 Å². The first-order valence-electron chi connectivity index (χ1n) is 11.6. The van der Waals surface area contributed by atoms with Crippen LogP contribution in [0.3, 0.4) is 0 Å². The van der Waals surface area contributed by atoms with Crippen molar-refractivity contribution in [2.24, 2.45) is 5.73 Å². The summed E-state index contributed by atoms with van der Waals surface area (Å²) in [5.41, 5.74) is 5.30. The fraction of sp³-hybridized carbons (Fsp3) is 0.952. The van der Waals surface area contributed by atoms with Gasteiger partial charge < -0.3 is 59.5 Å². The van der Waals surface area contributed by atoms with Gasteiger partial charge in [0.2, 0.25) is 5.91 Å². The van der Waals surface area contributed by atoms with Crippen molar-refractivity contribution in [2.75, 3.05) is 85.8 Å². The van der Waals surface area contributed by atoms with Gasteiger partial charge in [-0.05, 0) is 6.92 Å². The molecule has 0 bridgehead atoms. The molecule has 13 nitrogen and oxygen atoms in total. The summed E-state index contributed by atoms with van der Waals surface area (Å²) in [6.45, 7) is 6.64. The quantitative estimate of drug-likeness (QED) is 0.104. The van der Waals surface area contributed by atoms with Crippen LogP contribution in [0.15, 0.2) is 0 Å². The zero-order chi connectivity index (χ0) is 25.0. The Morgan fingerprint density at radius 2 is 1.29 bits per heavy atom. The van der Waals surface area contributed by atoms with E-state index >= 15 is 0 Å². The van der Waals surface area contributed by atoms with E-state index in [1.807, 2.05) is 0 Å². The third-order valence-electron chi connectivity index (χ3n) is 4.74. The number of ether oxygens (including phenoxy) is 7.